The highest BCUT2D eigenvalue weighted by atomic mass is 16.5. The molecule has 6 heteroatoms. The molecule has 0 N–H and O–H groups in total. The Hall–Kier alpha value is -3.02. The number of aromatic nitrogens is 2. The van der Waals surface area contributed by atoms with Crippen molar-refractivity contribution < 1.29 is 28.2 Å². The number of rotatable bonds is 10. The van der Waals surface area contributed by atoms with Gasteiger partial charge in [-0.2, -0.15) is 0 Å². The molecular weight excluding hydrogens is 645 g/mol. The van der Waals surface area contributed by atoms with Crippen molar-refractivity contribution in [1.82, 2.24) is 0 Å². The maximum Gasteiger partial charge on any atom is 0.312 e. The van der Waals surface area contributed by atoms with Gasteiger partial charge in [0, 0.05) is 29.7 Å². The highest BCUT2D eigenvalue weighted by molar-refractivity contribution is 5.69. The van der Waals surface area contributed by atoms with E-state index in [2.05, 4.69) is 57.3 Å². The molecular formula is C46H66N2O4+2. The molecule has 52 heavy (non-hydrogen) atoms. The van der Waals surface area contributed by atoms with Gasteiger partial charge in [0.15, 0.2) is 37.9 Å². The molecule has 5 fully saturated rings. The molecule has 6 nitrogen and oxygen atoms in total. The highest BCUT2D eigenvalue weighted by Crippen LogP contribution is 2.76. The van der Waals surface area contributed by atoms with E-state index in [1.165, 1.54) is 44.1 Å². The average Bonchev–Trinajstić information content (AvgIpc) is 3.57. The molecule has 7 rings (SSSR count). The second kappa shape index (κ2) is 14.3. The Morgan fingerprint density at radius 3 is 2.00 bits per heavy atom. The van der Waals surface area contributed by atoms with E-state index in [9.17, 15) is 9.59 Å². The summed E-state index contributed by atoms with van der Waals surface area (Å²) in [7, 11) is 0. The van der Waals surface area contributed by atoms with Crippen LogP contribution in [0.5, 0.6) is 0 Å². The molecule has 5 aliphatic rings. The summed E-state index contributed by atoms with van der Waals surface area (Å²) < 4.78 is 16.7. The maximum atomic E-state index is 13.2. The third-order valence-corrected chi connectivity index (χ3v) is 16.5. The van der Waals surface area contributed by atoms with E-state index in [-0.39, 0.29) is 39.7 Å². The summed E-state index contributed by atoms with van der Waals surface area (Å²) in [6, 6.07) is 12.0. The van der Waals surface area contributed by atoms with E-state index in [0.717, 1.165) is 19.3 Å². The average molecular weight is 711 g/mol. The second-order valence-electron chi connectivity index (χ2n) is 19.2. The lowest BCUT2D eigenvalue weighted by Gasteiger charge is -2.72. The Kier molecular flexibility index (Phi) is 10.3. The monoisotopic (exact) mass is 711 g/mol. The second-order valence-corrected chi connectivity index (χ2v) is 19.2. The first-order valence-electron chi connectivity index (χ1n) is 20.7. The van der Waals surface area contributed by atoms with E-state index in [1.807, 2.05) is 61.2 Å². The maximum absolute atomic E-state index is 13.2. The zero-order valence-corrected chi connectivity index (χ0v) is 33.0. The Bertz CT molecular complexity index is 1610. The first-order chi connectivity index (χ1) is 24.8. The van der Waals surface area contributed by atoms with Crippen molar-refractivity contribution in [3.63, 3.8) is 0 Å². The molecule has 0 saturated heterocycles. The van der Waals surface area contributed by atoms with Crippen molar-refractivity contribution in [2.24, 2.45) is 63.1 Å². The number of hydrogen-bond donors (Lipinski definition) is 0. The zero-order chi connectivity index (χ0) is 36.9. The molecule has 5 saturated carbocycles. The summed E-state index contributed by atoms with van der Waals surface area (Å²) in [5.74, 6) is 3.86. The van der Waals surface area contributed by atoms with Crippen molar-refractivity contribution in [1.29, 1.82) is 0 Å². The molecule has 2 aromatic heterocycles. The van der Waals surface area contributed by atoms with Crippen LogP contribution in [0.25, 0.3) is 0 Å². The fraction of sp³-hybridized carbons (Fsp3) is 0.696. The number of hydrogen-bond acceptors (Lipinski definition) is 4. The first kappa shape index (κ1) is 37.3. The highest BCUT2D eigenvalue weighted by Gasteiger charge is 2.70. The summed E-state index contributed by atoms with van der Waals surface area (Å²) in [6.45, 7) is 21.4. The van der Waals surface area contributed by atoms with Gasteiger partial charge in [0.2, 0.25) is 0 Å². The van der Waals surface area contributed by atoms with E-state index < -0.39 is 0 Å². The molecule has 0 aromatic carbocycles. The number of pyridine rings is 2. The molecule has 0 amide bonds. The molecule has 2 heterocycles. The summed E-state index contributed by atoms with van der Waals surface area (Å²) in [5, 5.41) is 0. The Morgan fingerprint density at radius 2 is 1.37 bits per heavy atom. The Labute approximate surface area is 313 Å². The molecule has 0 bridgehead atoms. The van der Waals surface area contributed by atoms with Gasteiger partial charge in [-0.15, -0.1) is 0 Å². The van der Waals surface area contributed by atoms with Gasteiger partial charge in [0.1, 0.15) is 18.9 Å². The van der Waals surface area contributed by atoms with Crippen LogP contribution in [-0.2, 0) is 32.2 Å². The number of ether oxygens (including phenoxy) is 2. The van der Waals surface area contributed by atoms with Crippen LogP contribution in [0.15, 0.2) is 73.3 Å². The predicted molar refractivity (Wildman–Crippen MR) is 202 cm³/mol. The summed E-state index contributed by atoms with van der Waals surface area (Å²) in [6.07, 6.45) is 19.5. The summed E-state index contributed by atoms with van der Waals surface area (Å²) in [4.78, 5) is 26.4. The molecule has 0 aliphatic heterocycles. The van der Waals surface area contributed by atoms with Crippen molar-refractivity contribution in [2.45, 2.75) is 131 Å². The minimum atomic E-state index is -0.0788. The smallest absolute Gasteiger partial charge is 0.312 e. The first-order valence-corrected chi connectivity index (χ1v) is 20.7. The number of esters is 2. The SMILES string of the molecule is C=C(C)C1CCC2C1C1CCC3[C@@]4(C)CC[C@H](OC(=O)CC[n+]5ccccc5)C(C)(C)C4CC[C@@]3(C)[C@]1(C)C[C@@H]2COC(=O)CC[n+]1ccccc1. The molecule has 6 unspecified atom stereocenters. The lowest BCUT2D eigenvalue weighted by atomic mass is 9.32. The largest absolute Gasteiger partial charge is 0.465 e. The molecule has 282 valence electrons. The van der Waals surface area contributed by atoms with Crippen molar-refractivity contribution in [2.75, 3.05) is 6.61 Å². The Balaban J connectivity index is 1.08. The number of allylic oxidation sites excluding steroid dienone is 1. The van der Waals surface area contributed by atoms with Crippen LogP contribution in [0.1, 0.15) is 112 Å². The number of fused-ring (bicyclic) bond motifs is 7. The number of aryl methyl sites for hydroxylation is 2. The van der Waals surface area contributed by atoms with Gasteiger partial charge in [0.25, 0.3) is 0 Å². The standard InChI is InChI=1S/C46H66N2O4/c1-32(2)34-14-15-35-33(31-51-40(49)20-28-47-24-10-8-11-25-47)30-46(7)36(42(34)35)16-17-38-44(5)22-19-39(43(3,4)37(44)18-23-45(38,46)6)52-41(50)21-29-48-26-12-9-13-27-48/h8-13,24-27,33-39,42H,1,14-23,28-31H2,2-7H3/q+2/t33-,34?,35?,36?,37?,38?,39+,42?,44+,45-,46-/m1/s1. The zero-order valence-electron chi connectivity index (χ0n) is 33.0. The van der Waals surface area contributed by atoms with Gasteiger partial charge < -0.3 is 9.47 Å². The lowest BCUT2D eigenvalue weighted by Crippen LogP contribution is -2.67. The van der Waals surface area contributed by atoms with Gasteiger partial charge in [-0.3, -0.25) is 9.59 Å². The predicted octanol–water partition coefficient (Wildman–Crippen LogP) is 8.71. The Morgan fingerprint density at radius 1 is 0.731 bits per heavy atom. The molecule has 2 aromatic rings. The minimum Gasteiger partial charge on any atom is -0.465 e. The van der Waals surface area contributed by atoms with Gasteiger partial charge in [-0.25, -0.2) is 9.13 Å². The van der Waals surface area contributed by atoms with E-state index in [0.29, 0.717) is 74.0 Å². The van der Waals surface area contributed by atoms with E-state index >= 15 is 0 Å². The van der Waals surface area contributed by atoms with Crippen molar-refractivity contribution in [3.8, 4) is 0 Å². The summed E-state index contributed by atoms with van der Waals surface area (Å²) >= 11 is 0. The third kappa shape index (κ3) is 6.46. The molecule has 0 radical (unpaired) electrons. The van der Waals surface area contributed by atoms with Crippen LogP contribution in [0.3, 0.4) is 0 Å². The van der Waals surface area contributed by atoms with Crippen LogP contribution in [0, 0.1) is 63.1 Å². The molecule has 11 atom stereocenters. The van der Waals surface area contributed by atoms with Gasteiger partial charge in [-0.05, 0) is 122 Å². The fourth-order valence-electron chi connectivity index (χ4n) is 13.9. The van der Waals surface area contributed by atoms with Crippen molar-refractivity contribution >= 4 is 11.9 Å². The minimum absolute atomic E-state index is 0.0419. The van der Waals surface area contributed by atoms with Gasteiger partial charge in [0.05, 0.1) is 6.61 Å². The van der Waals surface area contributed by atoms with E-state index in [4.69, 9.17) is 9.47 Å². The molecule has 0 spiro atoms. The van der Waals surface area contributed by atoms with Crippen LogP contribution in [0.4, 0.5) is 0 Å². The number of carbonyl (C=O) groups excluding carboxylic acids is 2. The number of carbonyl (C=O) groups is 2. The molecule has 5 aliphatic carbocycles. The fourth-order valence-corrected chi connectivity index (χ4v) is 13.9. The van der Waals surface area contributed by atoms with Crippen molar-refractivity contribution in [3.05, 3.63) is 73.3 Å². The van der Waals surface area contributed by atoms with Crippen LogP contribution in [-0.4, -0.2) is 24.6 Å². The van der Waals surface area contributed by atoms with Crippen LogP contribution < -0.4 is 9.13 Å². The van der Waals surface area contributed by atoms with Crippen LogP contribution in [0.2, 0.25) is 0 Å². The lowest BCUT2D eigenvalue weighted by molar-refractivity contribution is -0.696. The third-order valence-electron chi connectivity index (χ3n) is 16.5. The van der Waals surface area contributed by atoms with Gasteiger partial charge >= 0.3 is 11.9 Å². The summed E-state index contributed by atoms with van der Waals surface area (Å²) in [5.41, 5.74) is 1.84. The number of nitrogens with zero attached hydrogens (tertiary/aromatic N) is 2. The topological polar surface area (TPSA) is 60.4 Å². The normalized spacial score (nSPS) is 38.9. The van der Waals surface area contributed by atoms with Gasteiger partial charge in [-0.1, -0.05) is 58.9 Å². The quantitative estimate of drug-likeness (QED) is 0.141. The van der Waals surface area contributed by atoms with Crippen LogP contribution >= 0.6 is 0 Å². The van der Waals surface area contributed by atoms with E-state index in [1.54, 1.807) is 0 Å².